The van der Waals surface area contributed by atoms with E-state index in [4.69, 9.17) is 0 Å². The summed E-state index contributed by atoms with van der Waals surface area (Å²) in [5, 5.41) is 22.0. The van der Waals surface area contributed by atoms with Gasteiger partial charge in [-0.1, -0.05) is 17.9 Å². The van der Waals surface area contributed by atoms with Crippen molar-refractivity contribution in [1.29, 1.82) is 0 Å². The van der Waals surface area contributed by atoms with Crippen LogP contribution in [0.25, 0.3) is 0 Å². The Kier molecular flexibility index (Phi) is 8.21. The molecular weight excluding hydrogens is 528 g/mol. The van der Waals surface area contributed by atoms with Gasteiger partial charge in [0.25, 0.3) is 5.95 Å². The largest absolute Gasteiger partial charge is 0.506 e. The van der Waals surface area contributed by atoms with Crippen molar-refractivity contribution < 1.29 is 31.4 Å². The minimum atomic E-state index is -4.98. The second kappa shape index (κ2) is 11.3. The topological polar surface area (TPSA) is 83.2 Å². The standard InChI is InChI=1S/C25H29F6N7O/c1-3-37(13-16-6-4-5-7-16)22-18(10-21(39)12-32-22)15-38(23-33-35-36(2)34-23)14-17-8-19(24(26,27)28)11-20(9-17)25(29,30)31/h8-12,16,39H,3-7,13-15H2,1-2H3. The Labute approximate surface area is 221 Å². The second-order valence-electron chi connectivity index (χ2n) is 9.71. The number of hydrogen-bond acceptors (Lipinski definition) is 7. The van der Waals surface area contributed by atoms with E-state index in [-0.39, 0.29) is 36.4 Å². The third kappa shape index (κ3) is 7.09. The zero-order chi connectivity index (χ0) is 28.4. The molecule has 1 saturated carbocycles. The predicted molar refractivity (Wildman–Crippen MR) is 131 cm³/mol. The van der Waals surface area contributed by atoms with Crippen LogP contribution in [0.4, 0.5) is 38.1 Å². The van der Waals surface area contributed by atoms with Gasteiger partial charge in [-0.05, 0) is 60.7 Å². The van der Waals surface area contributed by atoms with Gasteiger partial charge in [-0.2, -0.15) is 31.1 Å². The van der Waals surface area contributed by atoms with E-state index < -0.39 is 23.5 Å². The fourth-order valence-electron chi connectivity index (χ4n) is 4.90. The monoisotopic (exact) mass is 557 g/mol. The lowest BCUT2D eigenvalue weighted by atomic mass is 10.0. The van der Waals surface area contributed by atoms with Gasteiger partial charge in [0.05, 0.1) is 30.9 Å². The molecule has 0 bridgehead atoms. The molecule has 1 aliphatic rings. The molecule has 0 spiro atoms. The molecule has 14 heteroatoms. The molecule has 1 fully saturated rings. The van der Waals surface area contributed by atoms with Gasteiger partial charge >= 0.3 is 12.4 Å². The molecule has 2 heterocycles. The summed E-state index contributed by atoms with van der Waals surface area (Å²) in [6.45, 7) is 2.89. The minimum Gasteiger partial charge on any atom is -0.506 e. The molecule has 0 atom stereocenters. The molecule has 1 N–H and O–H groups in total. The van der Waals surface area contributed by atoms with E-state index in [1.54, 1.807) is 0 Å². The number of aryl methyl sites for hydroxylation is 1. The van der Waals surface area contributed by atoms with Crippen LogP contribution in [-0.2, 0) is 32.5 Å². The maximum atomic E-state index is 13.5. The average Bonchev–Trinajstić information content (AvgIpc) is 3.53. The molecule has 39 heavy (non-hydrogen) atoms. The van der Waals surface area contributed by atoms with Crippen LogP contribution in [-0.4, -0.2) is 43.4 Å². The van der Waals surface area contributed by atoms with E-state index in [0.29, 0.717) is 36.0 Å². The van der Waals surface area contributed by atoms with Gasteiger partial charge in [0.1, 0.15) is 11.6 Å². The summed E-state index contributed by atoms with van der Waals surface area (Å²) in [6.07, 6.45) is -4.15. The Morgan fingerprint density at radius 2 is 1.59 bits per heavy atom. The second-order valence-corrected chi connectivity index (χ2v) is 9.71. The fraction of sp³-hybridized carbons (Fsp3) is 0.520. The quantitative estimate of drug-likeness (QED) is 0.345. The summed E-state index contributed by atoms with van der Waals surface area (Å²) in [6, 6.07) is 2.93. The van der Waals surface area contributed by atoms with E-state index in [1.165, 1.54) is 24.2 Å². The number of halogens is 6. The lowest BCUT2D eigenvalue weighted by molar-refractivity contribution is -0.143. The van der Waals surface area contributed by atoms with Gasteiger partial charge in [0, 0.05) is 25.2 Å². The molecule has 4 rings (SSSR count). The number of aromatic nitrogens is 5. The van der Waals surface area contributed by atoms with E-state index in [1.807, 2.05) is 6.92 Å². The van der Waals surface area contributed by atoms with Crippen LogP contribution in [0, 0.1) is 5.92 Å². The molecule has 0 aliphatic heterocycles. The maximum Gasteiger partial charge on any atom is 0.416 e. The molecule has 8 nitrogen and oxygen atoms in total. The summed E-state index contributed by atoms with van der Waals surface area (Å²) < 4.78 is 80.9. The zero-order valence-electron chi connectivity index (χ0n) is 21.5. The number of alkyl halides is 6. The molecule has 1 aliphatic carbocycles. The molecule has 0 saturated heterocycles. The van der Waals surface area contributed by atoms with E-state index in [0.717, 1.165) is 37.0 Å². The molecule has 2 aromatic heterocycles. The number of benzene rings is 1. The summed E-state index contributed by atoms with van der Waals surface area (Å²) in [5.41, 5.74) is -2.54. The first-order valence-electron chi connectivity index (χ1n) is 12.5. The van der Waals surface area contributed by atoms with Gasteiger partial charge < -0.3 is 14.9 Å². The van der Waals surface area contributed by atoms with Crippen molar-refractivity contribution in [2.75, 3.05) is 22.9 Å². The molecule has 3 aromatic rings. The van der Waals surface area contributed by atoms with E-state index in [9.17, 15) is 31.4 Å². The van der Waals surface area contributed by atoms with Crippen LogP contribution in [0.1, 0.15) is 54.9 Å². The Morgan fingerprint density at radius 3 is 2.13 bits per heavy atom. The third-order valence-electron chi connectivity index (χ3n) is 6.73. The normalized spacial score (nSPS) is 14.7. The zero-order valence-corrected chi connectivity index (χ0v) is 21.5. The highest BCUT2D eigenvalue weighted by molar-refractivity contribution is 5.51. The van der Waals surface area contributed by atoms with Crippen molar-refractivity contribution in [3.8, 4) is 5.75 Å². The lowest BCUT2D eigenvalue weighted by Crippen LogP contribution is -2.32. The van der Waals surface area contributed by atoms with Crippen LogP contribution < -0.4 is 9.80 Å². The Balaban J connectivity index is 1.72. The molecule has 212 valence electrons. The van der Waals surface area contributed by atoms with Crippen LogP contribution in [0.3, 0.4) is 0 Å². The Bertz CT molecular complexity index is 1240. The number of tetrazole rings is 1. The van der Waals surface area contributed by atoms with Crippen molar-refractivity contribution in [2.24, 2.45) is 13.0 Å². The number of anilines is 2. The summed E-state index contributed by atoms with van der Waals surface area (Å²) in [7, 11) is 1.49. The maximum absolute atomic E-state index is 13.5. The highest BCUT2D eigenvalue weighted by Gasteiger charge is 2.37. The van der Waals surface area contributed by atoms with Crippen molar-refractivity contribution in [2.45, 2.75) is 58.0 Å². The van der Waals surface area contributed by atoms with Crippen molar-refractivity contribution in [3.05, 3.63) is 52.7 Å². The minimum absolute atomic E-state index is 0.00314. The summed E-state index contributed by atoms with van der Waals surface area (Å²) in [5.74, 6) is 0.918. The van der Waals surface area contributed by atoms with Gasteiger partial charge in [-0.15, -0.1) is 5.10 Å². The average molecular weight is 558 g/mol. The van der Waals surface area contributed by atoms with Crippen molar-refractivity contribution in [1.82, 2.24) is 25.2 Å². The van der Waals surface area contributed by atoms with Crippen LogP contribution >= 0.6 is 0 Å². The molecule has 0 unspecified atom stereocenters. The smallest absolute Gasteiger partial charge is 0.416 e. The van der Waals surface area contributed by atoms with Crippen molar-refractivity contribution in [3.63, 3.8) is 0 Å². The SMILES string of the molecule is CCN(CC1CCCC1)c1ncc(O)cc1CN(Cc1cc(C(F)(F)F)cc(C(F)(F)F)c1)c1nnn(C)n1. The molecule has 1 aromatic carbocycles. The highest BCUT2D eigenvalue weighted by Crippen LogP contribution is 2.37. The number of nitrogens with zero attached hydrogens (tertiary/aromatic N) is 7. The fourth-order valence-corrected chi connectivity index (χ4v) is 4.90. The van der Waals surface area contributed by atoms with Gasteiger partial charge in [-0.25, -0.2) is 4.98 Å². The Morgan fingerprint density at radius 1 is 0.949 bits per heavy atom. The number of hydrogen-bond donors (Lipinski definition) is 1. The number of rotatable bonds is 9. The first-order valence-corrected chi connectivity index (χ1v) is 12.5. The number of aromatic hydroxyl groups is 1. The first-order chi connectivity index (χ1) is 18.3. The van der Waals surface area contributed by atoms with Gasteiger partial charge in [0.15, 0.2) is 0 Å². The highest BCUT2D eigenvalue weighted by atomic mass is 19.4. The van der Waals surface area contributed by atoms with Crippen LogP contribution in [0.2, 0.25) is 0 Å². The summed E-state index contributed by atoms with van der Waals surface area (Å²) >= 11 is 0. The third-order valence-corrected chi connectivity index (χ3v) is 6.73. The van der Waals surface area contributed by atoms with Gasteiger partial charge in [-0.3, -0.25) is 0 Å². The van der Waals surface area contributed by atoms with Gasteiger partial charge in [0.2, 0.25) is 0 Å². The molecule has 0 amide bonds. The van der Waals surface area contributed by atoms with E-state index >= 15 is 0 Å². The lowest BCUT2D eigenvalue weighted by Gasteiger charge is -2.29. The molecule has 0 radical (unpaired) electrons. The number of pyridine rings is 1. The van der Waals surface area contributed by atoms with Crippen LogP contribution in [0.5, 0.6) is 5.75 Å². The Hall–Kier alpha value is -3.58. The van der Waals surface area contributed by atoms with E-state index in [2.05, 4.69) is 25.3 Å². The molecular formula is C25H29F6N7O. The van der Waals surface area contributed by atoms with Crippen LogP contribution in [0.15, 0.2) is 30.5 Å². The first kappa shape index (κ1) is 28.4. The summed E-state index contributed by atoms with van der Waals surface area (Å²) in [4.78, 5) is 9.05. The van der Waals surface area contributed by atoms with Crippen molar-refractivity contribution >= 4 is 11.8 Å². The predicted octanol–water partition coefficient (Wildman–Crippen LogP) is 5.57.